The van der Waals surface area contributed by atoms with E-state index in [-0.39, 0.29) is 11.9 Å². The molecule has 0 spiro atoms. The van der Waals surface area contributed by atoms with Crippen LogP contribution in [0.1, 0.15) is 19.4 Å². The monoisotopic (exact) mass is 249 g/mol. The molecule has 0 saturated heterocycles. The molecule has 0 saturated carbocycles. The smallest absolute Gasteiger partial charge is 0.309 e. The van der Waals surface area contributed by atoms with E-state index in [1.165, 1.54) is 12.7 Å². The summed E-state index contributed by atoms with van der Waals surface area (Å²) in [6.45, 7) is 4.80. The van der Waals surface area contributed by atoms with Crippen LogP contribution in [0.5, 0.6) is 0 Å². The van der Waals surface area contributed by atoms with Gasteiger partial charge in [-0.1, -0.05) is 37.3 Å². The van der Waals surface area contributed by atoms with Crippen LogP contribution in [0.2, 0.25) is 0 Å². The Bertz CT molecular complexity index is 364. The Balaban J connectivity index is 2.46. The fourth-order valence-corrected chi connectivity index (χ4v) is 2.00. The highest BCUT2D eigenvalue weighted by atomic mass is 16.5. The van der Waals surface area contributed by atoms with Gasteiger partial charge in [-0.2, -0.15) is 0 Å². The number of hydrogen-bond donors (Lipinski definition) is 0. The first kappa shape index (κ1) is 14.7. The first-order chi connectivity index (χ1) is 8.54. The van der Waals surface area contributed by atoms with Crippen LogP contribution in [0, 0.1) is 5.92 Å². The molecule has 3 nitrogen and oxygen atoms in total. The predicted octanol–water partition coefficient (Wildman–Crippen LogP) is 2.36. The lowest BCUT2D eigenvalue weighted by Crippen LogP contribution is -2.36. The molecule has 0 unspecified atom stereocenters. The van der Waals surface area contributed by atoms with Gasteiger partial charge in [-0.3, -0.25) is 4.79 Å². The van der Waals surface area contributed by atoms with Crippen LogP contribution in [0.25, 0.3) is 0 Å². The fourth-order valence-electron chi connectivity index (χ4n) is 2.00. The predicted molar refractivity (Wildman–Crippen MR) is 73.4 cm³/mol. The van der Waals surface area contributed by atoms with Crippen LogP contribution >= 0.6 is 0 Å². The molecule has 0 fully saturated rings. The van der Waals surface area contributed by atoms with Crippen molar-refractivity contribution in [2.45, 2.75) is 26.3 Å². The van der Waals surface area contributed by atoms with Crippen molar-refractivity contribution >= 4 is 5.97 Å². The molecule has 0 aromatic heterocycles. The number of carbonyl (C=O) groups is 1. The van der Waals surface area contributed by atoms with Crippen molar-refractivity contribution in [2.75, 3.05) is 20.7 Å². The molecule has 0 radical (unpaired) electrons. The Morgan fingerprint density at radius 1 is 1.28 bits per heavy atom. The number of carbonyl (C=O) groups excluding carboxylic acids is 1. The summed E-state index contributed by atoms with van der Waals surface area (Å²) in [5, 5.41) is 0. The van der Waals surface area contributed by atoms with E-state index in [1.807, 2.05) is 20.0 Å². The maximum atomic E-state index is 11.4. The molecule has 0 bridgehead atoms. The van der Waals surface area contributed by atoms with Gasteiger partial charge in [0.1, 0.15) is 0 Å². The lowest BCUT2D eigenvalue weighted by atomic mass is 10.0. The Hall–Kier alpha value is -1.35. The molecule has 3 heteroatoms. The van der Waals surface area contributed by atoms with Gasteiger partial charge in [0.25, 0.3) is 0 Å². The minimum absolute atomic E-state index is 0.0850. The molecule has 100 valence electrons. The van der Waals surface area contributed by atoms with Crippen molar-refractivity contribution < 1.29 is 9.53 Å². The first-order valence-corrected chi connectivity index (χ1v) is 6.36. The van der Waals surface area contributed by atoms with Gasteiger partial charge in [0.2, 0.25) is 0 Å². The maximum absolute atomic E-state index is 11.4. The van der Waals surface area contributed by atoms with Gasteiger partial charge < -0.3 is 9.64 Å². The molecule has 1 aromatic carbocycles. The van der Waals surface area contributed by atoms with Crippen molar-refractivity contribution in [2.24, 2.45) is 5.92 Å². The minimum atomic E-state index is -0.145. The lowest BCUT2D eigenvalue weighted by molar-refractivity contribution is -0.145. The Labute approximate surface area is 110 Å². The lowest BCUT2D eigenvalue weighted by Gasteiger charge is -2.26. The summed E-state index contributed by atoms with van der Waals surface area (Å²) in [5.41, 5.74) is 1.32. The minimum Gasteiger partial charge on any atom is -0.469 e. The highest BCUT2D eigenvalue weighted by molar-refractivity contribution is 5.72. The Morgan fingerprint density at radius 3 is 2.44 bits per heavy atom. The Morgan fingerprint density at radius 2 is 1.89 bits per heavy atom. The summed E-state index contributed by atoms with van der Waals surface area (Å²) in [7, 11) is 3.49. The molecule has 0 aliphatic heterocycles. The van der Waals surface area contributed by atoms with Crippen molar-refractivity contribution in [1.82, 2.24) is 4.90 Å². The van der Waals surface area contributed by atoms with Gasteiger partial charge in [-0.15, -0.1) is 0 Å². The second-order valence-electron chi connectivity index (χ2n) is 4.90. The number of rotatable bonds is 6. The largest absolute Gasteiger partial charge is 0.469 e. The molecular formula is C15H23NO2. The van der Waals surface area contributed by atoms with Crippen molar-refractivity contribution in [1.29, 1.82) is 0 Å². The summed E-state index contributed by atoms with van der Waals surface area (Å²) < 4.78 is 4.75. The summed E-state index contributed by atoms with van der Waals surface area (Å²) in [6, 6.07) is 10.8. The van der Waals surface area contributed by atoms with Crippen LogP contribution in [-0.2, 0) is 16.0 Å². The standard InChI is InChI=1S/C15H23NO2/c1-12(15(17)18-4)11-16(3)13(2)10-14-8-6-5-7-9-14/h5-9,12-13H,10-11H2,1-4H3/t12-,13-/m0/s1. The average Bonchev–Trinajstić information content (AvgIpc) is 2.38. The zero-order valence-corrected chi connectivity index (χ0v) is 11.7. The molecule has 1 aromatic rings. The molecule has 0 aliphatic rings. The van der Waals surface area contributed by atoms with E-state index in [1.54, 1.807) is 0 Å². The van der Waals surface area contributed by atoms with E-state index < -0.39 is 0 Å². The third-order valence-corrected chi connectivity index (χ3v) is 3.29. The van der Waals surface area contributed by atoms with Gasteiger partial charge >= 0.3 is 5.97 Å². The van der Waals surface area contributed by atoms with E-state index in [4.69, 9.17) is 4.74 Å². The van der Waals surface area contributed by atoms with Crippen molar-refractivity contribution in [3.8, 4) is 0 Å². The van der Waals surface area contributed by atoms with E-state index >= 15 is 0 Å². The summed E-state index contributed by atoms with van der Waals surface area (Å²) in [5.74, 6) is -0.230. The first-order valence-electron chi connectivity index (χ1n) is 6.36. The number of methoxy groups -OCH3 is 1. The van der Waals surface area contributed by atoms with Gasteiger partial charge in [-0.25, -0.2) is 0 Å². The third-order valence-electron chi connectivity index (χ3n) is 3.29. The zero-order chi connectivity index (χ0) is 13.5. The van der Waals surface area contributed by atoms with Crippen LogP contribution in [0.3, 0.4) is 0 Å². The van der Waals surface area contributed by atoms with E-state index in [9.17, 15) is 4.79 Å². The van der Waals surface area contributed by atoms with Crippen molar-refractivity contribution in [3.63, 3.8) is 0 Å². The molecule has 0 N–H and O–H groups in total. The molecule has 18 heavy (non-hydrogen) atoms. The molecular weight excluding hydrogens is 226 g/mol. The highest BCUT2D eigenvalue weighted by Gasteiger charge is 2.18. The SMILES string of the molecule is COC(=O)[C@@H](C)CN(C)[C@@H](C)Cc1ccccc1. The fraction of sp³-hybridized carbons (Fsp3) is 0.533. The summed E-state index contributed by atoms with van der Waals surface area (Å²) in [6.07, 6.45) is 0.991. The molecule has 2 atom stereocenters. The number of nitrogens with zero attached hydrogens (tertiary/aromatic N) is 1. The van der Waals surface area contributed by atoms with Crippen LogP contribution in [0.15, 0.2) is 30.3 Å². The van der Waals surface area contributed by atoms with Gasteiger partial charge in [0, 0.05) is 12.6 Å². The molecule has 1 rings (SSSR count). The second-order valence-corrected chi connectivity index (χ2v) is 4.90. The summed E-state index contributed by atoms with van der Waals surface area (Å²) in [4.78, 5) is 13.6. The van der Waals surface area contributed by atoms with Gasteiger partial charge in [0.05, 0.1) is 13.0 Å². The maximum Gasteiger partial charge on any atom is 0.309 e. The number of ether oxygens (including phenoxy) is 1. The van der Waals surface area contributed by atoms with Crippen LogP contribution in [0.4, 0.5) is 0 Å². The van der Waals surface area contributed by atoms with Crippen molar-refractivity contribution in [3.05, 3.63) is 35.9 Å². The van der Waals surface area contributed by atoms with Gasteiger partial charge in [-0.05, 0) is 26.0 Å². The summed E-state index contributed by atoms with van der Waals surface area (Å²) >= 11 is 0. The zero-order valence-electron chi connectivity index (χ0n) is 11.7. The normalized spacial score (nSPS) is 14.3. The van der Waals surface area contributed by atoms with E-state index in [2.05, 4.69) is 36.1 Å². The molecule has 0 aliphatic carbocycles. The number of hydrogen-bond acceptors (Lipinski definition) is 3. The average molecular weight is 249 g/mol. The van der Waals surface area contributed by atoms with Crippen LogP contribution < -0.4 is 0 Å². The highest BCUT2D eigenvalue weighted by Crippen LogP contribution is 2.10. The topological polar surface area (TPSA) is 29.5 Å². The quantitative estimate of drug-likeness (QED) is 0.725. The third kappa shape index (κ3) is 4.49. The second kappa shape index (κ2) is 7.17. The number of likely N-dealkylation sites (N-methyl/N-ethyl adjacent to an activating group) is 1. The molecule has 0 heterocycles. The van der Waals surface area contributed by atoms with E-state index in [0.717, 1.165) is 13.0 Å². The number of benzene rings is 1. The van der Waals surface area contributed by atoms with Crippen LogP contribution in [-0.4, -0.2) is 37.6 Å². The number of esters is 1. The van der Waals surface area contributed by atoms with Gasteiger partial charge in [0.15, 0.2) is 0 Å². The molecule has 0 amide bonds. The van der Waals surface area contributed by atoms with E-state index in [0.29, 0.717) is 6.04 Å². The Kier molecular flexibility index (Phi) is 5.86.